The maximum atomic E-state index is 11.0. The molecule has 0 aliphatic carbocycles. The number of aliphatic hydroxyl groups excluding tert-OH is 1. The Labute approximate surface area is 141 Å². The molecule has 1 atom stereocenters. The Kier molecular flexibility index (Phi) is 6.28. The summed E-state index contributed by atoms with van der Waals surface area (Å²) in [4.78, 5) is 12.5. The van der Waals surface area contributed by atoms with Gasteiger partial charge in [-0.1, -0.05) is 36.4 Å². The van der Waals surface area contributed by atoms with Gasteiger partial charge in [-0.15, -0.1) is 0 Å². The van der Waals surface area contributed by atoms with E-state index in [1.165, 1.54) is 6.07 Å². The van der Waals surface area contributed by atoms with Crippen molar-refractivity contribution < 1.29 is 14.8 Å². The number of aliphatic hydroxyl groups is 1. The van der Waals surface area contributed by atoms with Crippen LogP contribution in [0.25, 0.3) is 0 Å². The van der Waals surface area contributed by atoms with Gasteiger partial charge in [0.2, 0.25) is 0 Å². The molecular formula is C18H22N2O4. The molecule has 24 heavy (non-hydrogen) atoms. The quantitative estimate of drug-likeness (QED) is 0.595. The Hall–Kier alpha value is -2.44. The van der Waals surface area contributed by atoms with Crippen LogP contribution in [0, 0.1) is 17.0 Å². The third kappa shape index (κ3) is 5.33. The molecule has 0 aromatic heterocycles. The lowest BCUT2D eigenvalue weighted by molar-refractivity contribution is -0.385. The molecule has 0 spiro atoms. The molecule has 0 fully saturated rings. The molecular weight excluding hydrogens is 308 g/mol. The lowest BCUT2D eigenvalue weighted by Crippen LogP contribution is -2.32. The van der Waals surface area contributed by atoms with Crippen LogP contribution in [0.15, 0.2) is 48.5 Å². The minimum absolute atomic E-state index is 0.00340. The molecule has 0 amide bonds. The van der Waals surface area contributed by atoms with Gasteiger partial charge in [-0.2, -0.15) is 0 Å². The molecule has 128 valence electrons. The number of aryl methyl sites for hydroxylation is 1. The predicted molar refractivity (Wildman–Crippen MR) is 92.1 cm³/mol. The zero-order chi connectivity index (χ0) is 17.5. The molecule has 0 saturated heterocycles. The topological polar surface area (TPSA) is 75.8 Å². The smallest absolute Gasteiger partial charge is 0.310 e. The van der Waals surface area contributed by atoms with Crippen molar-refractivity contribution in [2.45, 2.75) is 19.6 Å². The number of nitro benzene ring substituents is 1. The zero-order valence-electron chi connectivity index (χ0n) is 13.9. The van der Waals surface area contributed by atoms with Gasteiger partial charge in [-0.3, -0.25) is 15.0 Å². The Morgan fingerprint density at radius 1 is 1.25 bits per heavy atom. The van der Waals surface area contributed by atoms with Crippen molar-refractivity contribution in [3.63, 3.8) is 0 Å². The molecule has 0 heterocycles. The van der Waals surface area contributed by atoms with Gasteiger partial charge in [0.25, 0.3) is 0 Å². The van der Waals surface area contributed by atoms with Crippen LogP contribution in [0.3, 0.4) is 0 Å². The SMILES string of the molecule is Cc1ccc([N+](=O)[O-])c(OCC(O)CN(C)Cc2ccccc2)c1. The molecule has 6 nitrogen and oxygen atoms in total. The van der Waals surface area contributed by atoms with E-state index in [4.69, 9.17) is 4.74 Å². The highest BCUT2D eigenvalue weighted by Gasteiger charge is 2.17. The average molecular weight is 330 g/mol. The van der Waals surface area contributed by atoms with Crippen molar-refractivity contribution in [3.05, 3.63) is 69.8 Å². The summed E-state index contributed by atoms with van der Waals surface area (Å²) >= 11 is 0. The fourth-order valence-electron chi connectivity index (χ4n) is 2.45. The predicted octanol–water partition coefficient (Wildman–Crippen LogP) is 2.77. The van der Waals surface area contributed by atoms with Crippen molar-refractivity contribution in [2.24, 2.45) is 0 Å². The Morgan fingerprint density at radius 3 is 2.62 bits per heavy atom. The molecule has 6 heteroatoms. The minimum Gasteiger partial charge on any atom is -0.484 e. The van der Waals surface area contributed by atoms with E-state index in [0.29, 0.717) is 13.1 Å². The van der Waals surface area contributed by atoms with Crippen LogP contribution in [0.2, 0.25) is 0 Å². The summed E-state index contributed by atoms with van der Waals surface area (Å²) in [6.45, 7) is 2.96. The Balaban J connectivity index is 1.88. The van der Waals surface area contributed by atoms with E-state index in [9.17, 15) is 15.2 Å². The number of benzene rings is 2. The first-order valence-corrected chi connectivity index (χ1v) is 7.74. The molecule has 1 unspecified atom stereocenters. The monoisotopic (exact) mass is 330 g/mol. The summed E-state index contributed by atoms with van der Waals surface area (Å²) in [6, 6.07) is 14.6. The first kappa shape index (κ1) is 17.9. The average Bonchev–Trinajstić information content (AvgIpc) is 2.53. The van der Waals surface area contributed by atoms with Crippen LogP contribution in [-0.2, 0) is 6.54 Å². The second-order valence-corrected chi connectivity index (χ2v) is 5.88. The Bertz CT molecular complexity index is 676. The molecule has 2 rings (SSSR count). The summed E-state index contributed by atoms with van der Waals surface area (Å²) in [5.74, 6) is 0.185. The van der Waals surface area contributed by atoms with E-state index < -0.39 is 11.0 Å². The van der Waals surface area contributed by atoms with Crippen molar-refractivity contribution in [1.29, 1.82) is 0 Å². The van der Waals surface area contributed by atoms with E-state index >= 15 is 0 Å². The molecule has 0 radical (unpaired) electrons. The number of nitrogens with zero attached hydrogens (tertiary/aromatic N) is 2. The molecule has 0 aliphatic rings. The second kappa shape index (κ2) is 8.42. The zero-order valence-corrected chi connectivity index (χ0v) is 13.9. The lowest BCUT2D eigenvalue weighted by atomic mass is 10.2. The summed E-state index contributed by atoms with van der Waals surface area (Å²) in [5.41, 5.74) is 1.93. The minimum atomic E-state index is -0.737. The molecule has 2 aromatic rings. The molecule has 0 saturated carbocycles. The number of nitro groups is 1. The summed E-state index contributed by atoms with van der Waals surface area (Å²) in [5, 5.41) is 21.1. The fourth-order valence-corrected chi connectivity index (χ4v) is 2.45. The van der Waals surface area contributed by atoms with Crippen LogP contribution < -0.4 is 4.74 Å². The van der Waals surface area contributed by atoms with Crippen LogP contribution in [0.1, 0.15) is 11.1 Å². The van der Waals surface area contributed by atoms with E-state index in [1.54, 1.807) is 12.1 Å². The van der Waals surface area contributed by atoms with E-state index in [0.717, 1.165) is 11.1 Å². The largest absolute Gasteiger partial charge is 0.484 e. The third-order valence-corrected chi connectivity index (χ3v) is 3.56. The van der Waals surface area contributed by atoms with Crippen LogP contribution in [-0.4, -0.2) is 41.2 Å². The van der Waals surface area contributed by atoms with Crippen LogP contribution in [0.5, 0.6) is 5.75 Å². The van der Waals surface area contributed by atoms with Gasteiger partial charge in [-0.25, -0.2) is 0 Å². The van der Waals surface area contributed by atoms with Gasteiger partial charge in [0.05, 0.1) is 4.92 Å². The van der Waals surface area contributed by atoms with Crippen LogP contribution >= 0.6 is 0 Å². The molecule has 0 bridgehead atoms. The highest BCUT2D eigenvalue weighted by Crippen LogP contribution is 2.27. The lowest BCUT2D eigenvalue weighted by Gasteiger charge is -2.21. The summed E-state index contributed by atoms with van der Waals surface area (Å²) < 4.78 is 5.47. The first-order valence-electron chi connectivity index (χ1n) is 7.74. The highest BCUT2D eigenvalue weighted by atomic mass is 16.6. The normalized spacial score (nSPS) is 12.2. The van der Waals surface area contributed by atoms with E-state index in [2.05, 4.69) is 0 Å². The first-order chi connectivity index (χ1) is 11.5. The Morgan fingerprint density at radius 2 is 1.96 bits per heavy atom. The number of likely N-dealkylation sites (N-methyl/N-ethyl adjacent to an activating group) is 1. The van der Waals surface area contributed by atoms with Gasteiger partial charge in [-0.05, 0) is 31.2 Å². The highest BCUT2D eigenvalue weighted by molar-refractivity contribution is 5.48. The third-order valence-electron chi connectivity index (χ3n) is 3.56. The van der Waals surface area contributed by atoms with Gasteiger partial charge in [0.1, 0.15) is 12.7 Å². The number of ether oxygens (including phenoxy) is 1. The number of hydrogen-bond donors (Lipinski definition) is 1. The van der Waals surface area contributed by atoms with Crippen molar-refractivity contribution in [1.82, 2.24) is 4.90 Å². The van der Waals surface area contributed by atoms with Gasteiger partial charge in [0, 0.05) is 19.2 Å². The van der Waals surface area contributed by atoms with Gasteiger partial charge in [0.15, 0.2) is 5.75 Å². The van der Waals surface area contributed by atoms with Gasteiger partial charge >= 0.3 is 5.69 Å². The molecule has 0 aliphatic heterocycles. The fraction of sp³-hybridized carbons (Fsp3) is 0.333. The van der Waals surface area contributed by atoms with Crippen molar-refractivity contribution in [3.8, 4) is 5.75 Å². The van der Waals surface area contributed by atoms with Crippen molar-refractivity contribution >= 4 is 5.69 Å². The van der Waals surface area contributed by atoms with E-state index in [1.807, 2.05) is 49.2 Å². The summed E-state index contributed by atoms with van der Waals surface area (Å²) in [7, 11) is 1.91. The van der Waals surface area contributed by atoms with Crippen LogP contribution in [0.4, 0.5) is 5.69 Å². The number of rotatable bonds is 8. The van der Waals surface area contributed by atoms with Gasteiger partial charge < -0.3 is 9.84 Å². The molecule has 1 N–H and O–H groups in total. The maximum Gasteiger partial charge on any atom is 0.310 e. The molecule has 2 aromatic carbocycles. The second-order valence-electron chi connectivity index (χ2n) is 5.88. The standard InChI is InChI=1S/C18H22N2O4/c1-14-8-9-17(20(22)23)18(10-14)24-13-16(21)12-19(2)11-15-6-4-3-5-7-15/h3-10,16,21H,11-13H2,1-2H3. The summed E-state index contributed by atoms with van der Waals surface area (Å²) in [6.07, 6.45) is -0.737. The van der Waals surface area contributed by atoms with Crippen molar-refractivity contribution in [2.75, 3.05) is 20.2 Å². The van der Waals surface area contributed by atoms with E-state index in [-0.39, 0.29) is 18.0 Å². The maximum absolute atomic E-state index is 11.0. The number of hydrogen-bond acceptors (Lipinski definition) is 5.